The van der Waals surface area contributed by atoms with Crippen LogP contribution in [-0.2, 0) is 10.0 Å². The Labute approximate surface area is 136 Å². The fraction of sp³-hybridized carbons (Fsp3) is 0.0667. The number of rotatable bonds is 4. The van der Waals surface area contributed by atoms with Crippen LogP contribution in [0.5, 0.6) is 0 Å². The number of carboxylic acids is 1. The maximum atomic E-state index is 14.3. The first-order chi connectivity index (χ1) is 11.3. The average Bonchev–Trinajstić information content (AvgIpc) is 2.98. The van der Waals surface area contributed by atoms with Gasteiger partial charge in [0.05, 0.1) is 23.0 Å². The summed E-state index contributed by atoms with van der Waals surface area (Å²) in [6.45, 7) is 1.49. The quantitative estimate of drug-likeness (QED) is 0.670. The Morgan fingerprint density at radius 1 is 1.33 bits per heavy atom. The minimum atomic E-state index is -4.32. The Morgan fingerprint density at radius 3 is 2.79 bits per heavy atom. The summed E-state index contributed by atoms with van der Waals surface area (Å²) in [7, 11) is -4.32. The van der Waals surface area contributed by atoms with Crippen molar-refractivity contribution in [3.63, 3.8) is 0 Å². The molecule has 3 rings (SSSR count). The predicted molar refractivity (Wildman–Crippen MR) is 85.0 cm³/mol. The van der Waals surface area contributed by atoms with Crippen molar-refractivity contribution in [3.8, 4) is 0 Å². The number of H-pyrrole nitrogens is 1. The second-order valence-electron chi connectivity index (χ2n) is 5.17. The van der Waals surface area contributed by atoms with E-state index >= 15 is 0 Å². The average molecular weight is 349 g/mol. The number of nitrogens with one attached hydrogen (secondary N) is 2. The lowest BCUT2D eigenvalue weighted by Crippen LogP contribution is -2.17. The van der Waals surface area contributed by atoms with Gasteiger partial charge in [0.15, 0.2) is 5.82 Å². The second kappa shape index (κ2) is 5.60. The molecular weight excluding hydrogens is 337 g/mol. The first kappa shape index (κ1) is 15.9. The van der Waals surface area contributed by atoms with Gasteiger partial charge in [0.25, 0.3) is 10.0 Å². The lowest BCUT2D eigenvalue weighted by atomic mass is 10.1. The molecule has 7 nitrogen and oxygen atoms in total. The molecule has 0 atom stereocenters. The molecule has 0 aliphatic heterocycles. The van der Waals surface area contributed by atoms with Gasteiger partial charge >= 0.3 is 5.97 Å². The number of fused-ring (bicyclic) bond motifs is 1. The van der Waals surface area contributed by atoms with E-state index in [1.54, 1.807) is 12.1 Å². The van der Waals surface area contributed by atoms with Gasteiger partial charge in [0.2, 0.25) is 0 Å². The van der Waals surface area contributed by atoms with Gasteiger partial charge in [0, 0.05) is 5.39 Å². The number of hydrogen-bond acceptors (Lipinski definition) is 4. The van der Waals surface area contributed by atoms with E-state index in [-0.39, 0.29) is 5.69 Å². The van der Waals surface area contributed by atoms with Crippen molar-refractivity contribution in [2.24, 2.45) is 0 Å². The van der Waals surface area contributed by atoms with E-state index in [2.05, 4.69) is 14.9 Å². The summed E-state index contributed by atoms with van der Waals surface area (Å²) in [4.78, 5) is 10.4. The SMILES string of the molecule is Cc1cc(C(=O)O)c(F)c(S(=O)(=O)Nc2cccc3[nH]ncc23)c1. The molecule has 0 aliphatic rings. The molecule has 0 spiro atoms. The predicted octanol–water partition coefficient (Wildman–Crippen LogP) is 2.51. The van der Waals surface area contributed by atoms with E-state index in [9.17, 15) is 17.6 Å². The van der Waals surface area contributed by atoms with E-state index in [0.29, 0.717) is 16.5 Å². The smallest absolute Gasteiger partial charge is 0.338 e. The number of aromatic amines is 1. The minimum absolute atomic E-state index is 0.207. The van der Waals surface area contributed by atoms with Crippen LogP contribution in [0.25, 0.3) is 10.9 Å². The summed E-state index contributed by atoms with van der Waals surface area (Å²) in [5, 5.41) is 16.0. The van der Waals surface area contributed by atoms with Crippen LogP contribution < -0.4 is 4.72 Å². The summed E-state index contributed by atoms with van der Waals surface area (Å²) < 4.78 is 41.7. The van der Waals surface area contributed by atoms with Gasteiger partial charge in [-0.25, -0.2) is 17.6 Å². The number of hydrogen-bond donors (Lipinski definition) is 3. The number of halogens is 1. The number of nitrogens with zero attached hydrogens (tertiary/aromatic N) is 1. The fourth-order valence-corrected chi connectivity index (χ4v) is 3.61. The number of anilines is 1. The molecule has 0 aliphatic carbocycles. The molecule has 0 radical (unpaired) electrons. The van der Waals surface area contributed by atoms with Gasteiger partial charge in [-0.15, -0.1) is 0 Å². The fourth-order valence-electron chi connectivity index (χ4n) is 2.34. The third-order valence-electron chi connectivity index (χ3n) is 3.43. The number of aromatic nitrogens is 2. The summed E-state index contributed by atoms with van der Waals surface area (Å²) in [5.41, 5.74) is 0.428. The van der Waals surface area contributed by atoms with Crippen LogP contribution in [0.15, 0.2) is 41.4 Å². The van der Waals surface area contributed by atoms with E-state index in [0.717, 1.165) is 12.1 Å². The number of sulfonamides is 1. The molecule has 0 fully saturated rings. The maximum absolute atomic E-state index is 14.3. The Bertz CT molecular complexity index is 1060. The molecule has 0 bridgehead atoms. The monoisotopic (exact) mass is 349 g/mol. The van der Waals surface area contributed by atoms with Gasteiger partial charge < -0.3 is 5.11 Å². The largest absolute Gasteiger partial charge is 0.478 e. The zero-order valence-corrected chi connectivity index (χ0v) is 13.2. The molecular formula is C15H12FN3O4S. The molecule has 1 heterocycles. The van der Waals surface area contributed by atoms with E-state index in [1.165, 1.54) is 19.2 Å². The lowest BCUT2D eigenvalue weighted by Gasteiger charge is -2.12. The van der Waals surface area contributed by atoms with Crippen LogP contribution in [0.1, 0.15) is 15.9 Å². The Kier molecular flexibility index (Phi) is 3.72. The van der Waals surface area contributed by atoms with E-state index < -0.39 is 32.3 Å². The highest BCUT2D eigenvalue weighted by Gasteiger charge is 2.25. The molecule has 9 heteroatoms. The summed E-state index contributed by atoms with van der Waals surface area (Å²) in [5.74, 6) is -2.84. The van der Waals surface area contributed by atoms with Crippen LogP contribution >= 0.6 is 0 Å². The first-order valence-electron chi connectivity index (χ1n) is 6.78. The molecule has 24 heavy (non-hydrogen) atoms. The molecule has 1 aromatic heterocycles. The third-order valence-corrected chi connectivity index (χ3v) is 4.80. The summed E-state index contributed by atoms with van der Waals surface area (Å²) >= 11 is 0. The van der Waals surface area contributed by atoms with Gasteiger partial charge in [-0.1, -0.05) is 6.07 Å². The topological polar surface area (TPSA) is 112 Å². The molecule has 0 saturated carbocycles. The highest BCUT2D eigenvalue weighted by molar-refractivity contribution is 7.92. The lowest BCUT2D eigenvalue weighted by molar-refractivity contribution is 0.0691. The Hall–Kier alpha value is -2.94. The molecule has 3 N–H and O–H groups in total. The molecule has 0 unspecified atom stereocenters. The van der Waals surface area contributed by atoms with Crippen molar-refractivity contribution in [2.75, 3.05) is 4.72 Å². The van der Waals surface area contributed by atoms with Crippen molar-refractivity contribution in [2.45, 2.75) is 11.8 Å². The van der Waals surface area contributed by atoms with Crippen molar-refractivity contribution < 1.29 is 22.7 Å². The molecule has 2 aromatic carbocycles. The van der Waals surface area contributed by atoms with Crippen LogP contribution in [-0.4, -0.2) is 29.7 Å². The van der Waals surface area contributed by atoms with Crippen LogP contribution in [0.2, 0.25) is 0 Å². The number of carboxylic acid groups (broad SMARTS) is 1. The Morgan fingerprint density at radius 2 is 2.08 bits per heavy atom. The van der Waals surface area contributed by atoms with Crippen molar-refractivity contribution in [1.82, 2.24) is 10.2 Å². The number of aryl methyl sites for hydroxylation is 1. The van der Waals surface area contributed by atoms with Crippen molar-refractivity contribution in [3.05, 3.63) is 53.5 Å². The zero-order valence-electron chi connectivity index (χ0n) is 12.4. The van der Waals surface area contributed by atoms with Crippen molar-refractivity contribution >= 4 is 32.6 Å². The van der Waals surface area contributed by atoms with Crippen LogP contribution in [0, 0.1) is 12.7 Å². The number of aromatic carboxylic acids is 1. The van der Waals surface area contributed by atoms with Gasteiger partial charge in [-0.05, 0) is 36.8 Å². The standard InChI is InChI=1S/C15H12FN3O4S/c1-8-5-9(15(20)21)14(16)13(6-8)24(22,23)19-12-4-2-3-11-10(12)7-17-18-11/h2-7,19H,1H3,(H,17,18)(H,20,21). The van der Waals surface area contributed by atoms with Crippen molar-refractivity contribution in [1.29, 1.82) is 0 Å². The molecule has 0 amide bonds. The van der Waals surface area contributed by atoms with Gasteiger partial charge in [0.1, 0.15) is 4.90 Å². The highest BCUT2D eigenvalue weighted by Crippen LogP contribution is 2.27. The van der Waals surface area contributed by atoms with Gasteiger partial charge in [-0.3, -0.25) is 9.82 Å². The van der Waals surface area contributed by atoms with Gasteiger partial charge in [-0.2, -0.15) is 5.10 Å². The molecule has 124 valence electrons. The summed E-state index contributed by atoms with van der Waals surface area (Å²) in [6.07, 6.45) is 1.43. The Balaban J connectivity index is 2.12. The minimum Gasteiger partial charge on any atom is -0.478 e. The normalized spacial score (nSPS) is 11.6. The molecule has 3 aromatic rings. The first-order valence-corrected chi connectivity index (χ1v) is 8.26. The van der Waals surface area contributed by atoms with Crippen LogP contribution in [0.4, 0.5) is 10.1 Å². The zero-order chi connectivity index (χ0) is 17.5. The second-order valence-corrected chi connectivity index (χ2v) is 6.82. The molecule has 0 saturated heterocycles. The summed E-state index contributed by atoms with van der Waals surface area (Å²) in [6, 6.07) is 6.97. The third kappa shape index (κ3) is 2.69. The number of carbonyl (C=O) groups is 1. The van der Waals surface area contributed by atoms with Crippen LogP contribution in [0.3, 0.4) is 0 Å². The van der Waals surface area contributed by atoms with E-state index in [4.69, 9.17) is 5.11 Å². The maximum Gasteiger partial charge on any atom is 0.338 e. The highest BCUT2D eigenvalue weighted by atomic mass is 32.2. The number of benzene rings is 2. The van der Waals surface area contributed by atoms with E-state index in [1.807, 2.05) is 0 Å².